The van der Waals surface area contributed by atoms with Crippen LogP contribution in [0.15, 0.2) is 46.4 Å². The van der Waals surface area contributed by atoms with Crippen molar-refractivity contribution in [2.75, 3.05) is 12.0 Å². The highest BCUT2D eigenvalue weighted by atomic mass is 79.9. The number of nitrogens with zero attached hydrogens (tertiary/aromatic N) is 1. The number of aryl methyl sites for hydroxylation is 1. The molecule has 0 unspecified atom stereocenters. The number of amides is 2. The second kappa shape index (κ2) is 9.49. The van der Waals surface area contributed by atoms with Gasteiger partial charge in [0.05, 0.1) is 12.8 Å². The lowest BCUT2D eigenvalue weighted by molar-refractivity contribution is -0.144. The van der Waals surface area contributed by atoms with Crippen molar-refractivity contribution >= 4 is 62.8 Å². The van der Waals surface area contributed by atoms with E-state index in [1.807, 2.05) is 13.0 Å². The van der Waals surface area contributed by atoms with E-state index in [1.165, 1.54) is 25.0 Å². The summed E-state index contributed by atoms with van der Waals surface area (Å²) in [5.74, 6) is -2.12. The van der Waals surface area contributed by atoms with Crippen LogP contribution in [0.2, 0.25) is 0 Å². The van der Waals surface area contributed by atoms with Crippen LogP contribution in [0.25, 0.3) is 6.08 Å². The van der Waals surface area contributed by atoms with Crippen LogP contribution in [0.4, 0.5) is 5.69 Å². The molecular formula is C22H19BrN2O6S. The molecule has 166 valence electrons. The molecule has 0 spiro atoms. The van der Waals surface area contributed by atoms with E-state index in [0.29, 0.717) is 11.3 Å². The second-order valence-corrected chi connectivity index (χ2v) is 8.17. The molecule has 1 heterocycles. The van der Waals surface area contributed by atoms with Gasteiger partial charge in [-0.05, 0) is 62.0 Å². The number of nitrogens with one attached hydrogen (secondary N) is 1. The predicted octanol–water partition coefficient (Wildman–Crippen LogP) is 3.45. The van der Waals surface area contributed by atoms with Crippen molar-refractivity contribution in [1.29, 1.82) is 0 Å². The van der Waals surface area contributed by atoms with Crippen molar-refractivity contribution in [1.82, 2.24) is 5.32 Å². The summed E-state index contributed by atoms with van der Waals surface area (Å²) in [5.41, 5.74) is 1.40. The normalized spacial score (nSPS) is 16.1. The highest BCUT2D eigenvalue weighted by Crippen LogP contribution is 2.35. The van der Waals surface area contributed by atoms with Gasteiger partial charge in [0.1, 0.15) is 5.57 Å². The molecule has 2 amide bonds. The summed E-state index contributed by atoms with van der Waals surface area (Å²) in [4.78, 5) is 38.5. The monoisotopic (exact) mass is 518 g/mol. The van der Waals surface area contributed by atoms with Gasteiger partial charge in [0, 0.05) is 10.0 Å². The molecule has 0 saturated carbocycles. The summed E-state index contributed by atoms with van der Waals surface area (Å²) in [6.07, 6.45) is 0.140. The molecule has 0 aliphatic carbocycles. The van der Waals surface area contributed by atoms with Crippen LogP contribution in [0, 0.1) is 6.92 Å². The van der Waals surface area contributed by atoms with E-state index in [9.17, 15) is 19.5 Å². The molecule has 1 aliphatic rings. The van der Waals surface area contributed by atoms with E-state index < -0.39 is 23.9 Å². The molecular weight excluding hydrogens is 500 g/mol. The molecule has 3 rings (SSSR count). The Labute approximate surface area is 197 Å². The number of thiocarbonyl (C=S) groups is 1. The van der Waals surface area contributed by atoms with E-state index >= 15 is 0 Å². The Morgan fingerprint density at radius 3 is 2.62 bits per heavy atom. The fourth-order valence-electron chi connectivity index (χ4n) is 3.06. The third-order valence-electron chi connectivity index (χ3n) is 4.67. The van der Waals surface area contributed by atoms with Crippen LogP contribution < -0.4 is 19.7 Å². The Morgan fingerprint density at radius 1 is 1.28 bits per heavy atom. The maximum Gasteiger partial charge on any atom is 0.344 e. The summed E-state index contributed by atoms with van der Waals surface area (Å²) in [6.45, 7) is 3.18. The van der Waals surface area contributed by atoms with E-state index in [1.54, 1.807) is 30.3 Å². The first-order chi connectivity index (χ1) is 15.1. The molecule has 0 bridgehead atoms. The average molecular weight is 519 g/mol. The molecule has 8 nitrogen and oxygen atoms in total. The largest absolute Gasteiger partial charge is 0.493 e. The Balaban J connectivity index is 2.09. The molecule has 1 saturated heterocycles. The van der Waals surface area contributed by atoms with E-state index in [2.05, 4.69) is 21.2 Å². The van der Waals surface area contributed by atoms with Crippen molar-refractivity contribution in [3.05, 3.63) is 57.6 Å². The average Bonchev–Trinajstić information content (AvgIpc) is 2.73. The van der Waals surface area contributed by atoms with E-state index in [0.717, 1.165) is 10.0 Å². The van der Waals surface area contributed by atoms with Crippen LogP contribution in [0.3, 0.4) is 0 Å². The molecule has 2 aromatic carbocycles. The molecule has 32 heavy (non-hydrogen) atoms. The number of hydrogen-bond donors (Lipinski definition) is 2. The number of aliphatic carboxylic acids is 1. The summed E-state index contributed by atoms with van der Waals surface area (Å²) in [6, 6.07) is 10.1. The molecule has 2 aromatic rings. The minimum absolute atomic E-state index is 0.0378. The number of para-hydroxylation sites is 1. The van der Waals surface area contributed by atoms with Crippen molar-refractivity contribution in [2.45, 2.75) is 20.0 Å². The Bertz CT molecular complexity index is 1160. The van der Waals surface area contributed by atoms with Crippen molar-refractivity contribution in [2.24, 2.45) is 0 Å². The minimum Gasteiger partial charge on any atom is -0.493 e. The number of rotatable bonds is 6. The smallest absolute Gasteiger partial charge is 0.344 e. The zero-order valence-electron chi connectivity index (χ0n) is 17.3. The molecule has 1 aliphatic heterocycles. The molecule has 2 N–H and O–H groups in total. The SMILES string of the molecule is COc1cccc(/C=C2\C(=O)NC(=S)N(c3ccc(Br)cc3C)C2=O)c1O[C@@H](C)C(=O)O. The predicted molar refractivity (Wildman–Crippen MR) is 126 cm³/mol. The number of anilines is 1. The van der Waals surface area contributed by atoms with Crippen LogP contribution >= 0.6 is 28.1 Å². The molecule has 0 aromatic heterocycles. The number of benzene rings is 2. The number of carboxylic acid groups (broad SMARTS) is 1. The summed E-state index contributed by atoms with van der Waals surface area (Å²) in [5, 5.41) is 11.7. The van der Waals surface area contributed by atoms with E-state index in [-0.39, 0.29) is 22.2 Å². The topological polar surface area (TPSA) is 105 Å². The maximum absolute atomic E-state index is 13.3. The second-order valence-electron chi connectivity index (χ2n) is 6.87. The highest BCUT2D eigenvalue weighted by molar-refractivity contribution is 9.10. The molecule has 1 fully saturated rings. The number of carbonyl (C=O) groups is 3. The van der Waals surface area contributed by atoms with Crippen LogP contribution in [0.5, 0.6) is 11.5 Å². The Morgan fingerprint density at radius 2 is 2.00 bits per heavy atom. The highest BCUT2D eigenvalue weighted by Gasteiger charge is 2.35. The minimum atomic E-state index is -1.19. The van der Waals surface area contributed by atoms with Gasteiger partial charge in [-0.25, -0.2) is 4.79 Å². The number of ether oxygens (including phenoxy) is 2. The zero-order chi connectivity index (χ0) is 23.6. The van der Waals surface area contributed by atoms with Crippen LogP contribution in [-0.4, -0.2) is 41.2 Å². The third kappa shape index (κ3) is 4.66. The Kier molecular flexibility index (Phi) is 6.95. The zero-order valence-corrected chi connectivity index (χ0v) is 19.7. The van der Waals surface area contributed by atoms with Gasteiger partial charge in [-0.2, -0.15) is 0 Å². The first kappa shape index (κ1) is 23.4. The van der Waals surface area contributed by atoms with Gasteiger partial charge in [-0.15, -0.1) is 0 Å². The van der Waals surface area contributed by atoms with Gasteiger partial charge >= 0.3 is 5.97 Å². The number of carbonyl (C=O) groups excluding carboxylic acids is 2. The number of halogens is 1. The lowest BCUT2D eigenvalue weighted by Gasteiger charge is -2.30. The van der Waals surface area contributed by atoms with Gasteiger partial charge in [-0.3, -0.25) is 19.8 Å². The lowest BCUT2D eigenvalue weighted by Crippen LogP contribution is -2.54. The maximum atomic E-state index is 13.3. The van der Waals surface area contributed by atoms with Crippen molar-refractivity contribution in [3.8, 4) is 11.5 Å². The first-order valence-electron chi connectivity index (χ1n) is 9.38. The summed E-state index contributed by atoms with van der Waals surface area (Å²) < 4.78 is 11.7. The van der Waals surface area contributed by atoms with Gasteiger partial charge < -0.3 is 14.6 Å². The van der Waals surface area contributed by atoms with Crippen molar-refractivity contribution in [3.63, 3.8) is 0 Å². The molecule has 10 heteroatoms. The fourth-order valence-corrected chi connectivity index (χ4v) is 3.81. The lowest BCUT2D eigenvalue weighted by atomic mass is 10.0. The van der Waals surface area contributed by atoms with Crippen LogP contribution in [-0.2, 0) is 14.4 Å². The third-order valence-corrected chi connectivity index (χ3v) is 5.45. The number of methoxy groups -OCH3 is 1. The number of hydrogen-bond acceptors (Lipinski definition) is 6. The quantitative estimate of drug-likeness (QED) is 0.342. The summed E-state index contributed by atoms with van der Waals surface area (Å²) in [7, 11) is 1.40. The Hall–Kier alpha value is -3.24. The van der Waals surface area contributed by atoms with Gasteiger partial charge in [0.25, 0.3) is 11.8 Å². The fraction of sp³-hybridized carbons (Fsp3) is 0.182. The standard InChI is InChI=1S/C22H19BrN2O6S/c1-11-9-14(23)7-8-16(11)25-20(27)15(19(26)24-22(25)32)10-13-5-4-6-17(30-3)18(13)31-12(2)21(28)29/h4-10,12H,1-3H3,(H,28,29)(H,24,26,32)/b15-10+/t12-/m0/s1. The van der Waals surface area contributed by atoms with Gasteiger partial charge in [0.2, 0.25) is 0 Å². The first-order valence-corrected chi connectivity index (χ1v) is 10.6. The van der Waals surface area contributed by atoms with E-state index in [4.69, 9.17) is 21.7 Å². The van der Waals surface area contributed by atoms with Crippen LogP contribution in [0.1, 0.15) is 18.1 Å². The van der Waals surface area contributed by atoms with Crippen molar-refractivity contribution < 1.29 is 29.0 Å². The van der Waals surface area contributed by atoms with Gasteiger partial charge in [-0.1, -0.05) is 28.1 Å². The number of carboxylic acids is 1. The summed E-state index contributed by atoms with van der Waals surface area (Å²) >= 11 is 8.63. The molecule has 1 atom stereocenters. The van der Waals surface area contributed by atoms with Gasteiger partial charge in [0.15, 0.2) is 22.7 Å². The molecule has 0 radical (unpaired) electrons.